The quantitative estimate of drug-likeness (QED) is 0.204. The maximum Gasteiger partial charge on any atom is 0.264 e. The third-order valence-electron chi connectivity index (χ3n) is 7.46. The number of carbonyl (C=O) groups excluding carboxylic acids is 2. The van der Waals surface area contributed by atoms with E-state index in [0.717, 1.165) is 15.4 Å². The summed E-state index contributed by atoms with van der Waals surface area (Å²) in [5.41, 5.74) is 1.94. The van der Waals surface area contributed by atoms with Gasteiger partial charge in [-0.15, -0.1) is 0 Å². The van der Waals surface area contributed by atoms with Crippen molar-refractivity contribution in [2.45, 2.75) is 37.8 Å². The summed E-state index contributed by atoms with van der Waals surface area (Å²) >= 11 is 0. The predicted molar refractivity (Wildman–Crippen MR) is 175 cm³/mol. The molecular weight excluding hydrogens is 609 g/mol. The van der Waals surface area contributed by atoms with Gasteiger partial charge in [-0.3, -0.25) is 13.9 Å². The number of carbonyl (C=O) groups is 2. The maximum absolute atomic E-state index is 15.0. The van der Waals surface area contributed by atoms with Crippen LogP contribution >= 0.6 is 0 Å². The van der Waals surface area contributed by atoms with E-state index in [1.165, 1.54) is 61.6 Å². The van der Waals surface area contributed by atoms with Crippen LogP contribution < -0.4 is 19.1 Å². The van der Waals surface area contributed by atoms with Crippen molar-refractivity contribution in [3.63, 3.8) is 0 Å². The van der Waals surface area contributed by atoms with E-state index >= 15 is 4.39 Å². The zero-order valence-electron chi connectivity index (χ0n) is 26.3. The Kier molecular flexibility index (Phi) is 11.4. The number of likely N-dealkylation sites (N-methyl/N-ethyl adjacent to an activating group) is 1. The number of ether oxygens (including phenoxy) is 2. The molecule has 11 heteroatoms. The van der Waals surface area contributed by atoms with Gasteiger partial charge in [-0.25, -0.2) is 12.8 Å². The molecule has 0 spiro atoms. The van der Waals surface area contributed by atoms with Gasteiger partial charge in [0, 0.05) is 31.1 Å². The van der Waals surface area contributed by atoms with Gasteiger partial charge < -0.3 is 19.7 Å². The third-order valence-corrected chi connectivity index (χ3v) is 9.25. The molecule has 0 aromatic heterocycles. The lowest BCUT2D eigenvalue weighted by atomic mass is 10.0. The third kappa shape index (κ3) is 8.02. The highest BCUT2D eigenvalue weighted by molar-refractivity contribution is 7.92. The van der Waals surface area contributed by atoms with E-state index < -0.39 is 40.2 Å². The Hall–Kier alpha value is -4.90. The van der Waals surface area contributed by atoms with Crippen LogP contribution in [0.2, 0.25) is 0 Å². The van der Waals surface area contributed by atoms with Gasteiger partial charge in [0.1, 0.15) is 18.4 Å². The fraction of sp³-hybridized carbons (Fsp3) is 0.257. The van der Waals surface area contributed by atoms with Crippen LogP contribution in [0, 0.1) is 12.7 Å². The molecular formula is C35H38FN3O6S. The van der Waals surface area contributed by atoms with E-state index in [1.807, 2.05) is 37.3 Å². The van der Waals surface area contributed by atoms with Crippen LogP contribution in [0.1, 0.15) is 23.6 Å². The number of hydrogen-bond donors (Lipinski definition) is 1. The summed E-state index contributed by atoms with van der Waals surface area (Å²) in [4.78, 5) is 29.2. The summed E-state index contributed by atoms with van der Waals surface area (Å²) in [6.45, 7) is 2.93. The minimum atomic E-state index is -4.33. The van der Waals surface area contributed by atoms with Crippen LogP contribution in [0.4, 0.5) is 10.1 Å². The van der Waals surface area contributed by atoms with Crippen LogP contribution in [-0.4, -0.2) is 58.5 Å². The molecule has 0 radical (unpaired) electrons. The molecule has 0 saturated carbocycles. The van der Waals surface area contributed by atoms with Crippen LogP contribution in [0.3, 0.4) is 0 Å². The Labute approximate surface area is 269 Å². The summed E-state index contributed by atoms with van der Waals surface area (Å²) in [6, 6.07) is 24.8. The predicted octanol–water partition coefficient (Wildman–Crippen LogP) is 5.12. The number of amides is 2. The summed E-state index contributed by atoms with van der Waals surface area (Å²) in [5, 5.41) is 2.79. The first kappa shape index (κ1) is 34.0. The van der Waals surface area contributed by atoms with Gasteiger partial charge in [0.05, 0.1) is 24.8 Å². The molecule has 0 aliphatic carbocycles. The molecule has 4 aromatic carbocycles. The standard InChI is InChI=1S/C35H38FN3O6S/c1-5-37-35(41)31(21-26-11-7-6-8-12-26)38(23-27-13-9-10-14-30(27)36)34(40)24-39(28-17-20-32(44-3)33(22-28)45-4)46(42,43)29-18-15-25(2)16-19-29/h6-20,22,31H,5,21,23-24H2,1-4H3,(H,37,41)/t31-/m0/s1. The number of anilines is 1. The number of halogens is 1. The lowest BCUT2D eigenvalue weighted by Gasteiger charge is -2.34. The summed E-state index contributed by atoms with van der Waals surface area (Å²) < 4.78 is 55.2. The Balaban J connectivity index is 1.84. The van der Waals surface area contributed by atoms with Crippen LogP contribution in [0.5, 0.6) is 11.5 Å². The van der Waals surface area contributed by atoms with E-state index in [4.69, 9.17) is 9.47 Å². The van der Waals surface area contributed by atoms with E-state index in [-0.39, 0.29) is 34.9 Å². The van der Waals surface area contributed by atoms with Crippen molar-refractivity contribution >= 4 is 27.5 Å². The Bertz CT molecular complexity index is 1750. The lowest BCUT2D eigenvalue weighted by molar-refractivity contribution is -0.140. The van der Waals surface area contributed by atoms with Gasteiger partial charge in [0.2, 0.25) is 11.8 Å². The topological polar surface area (TPSA) is 105 Å². The van der Waals surface area contributed by atoms with Crippen molar-refractivity contribution in [2.24, 2.45) is 0 Å². The fourth-order valence-corrected chi connectivity index (χ4v) is 6.41. The smallest absolute Gasteiger partial charge is 0.264 e. The number of hydrogen-bond acceptors (Lipinski definition) is 6. The highest BCUT2D eigenvalue weighted by Crippen LogP contribution is 2.34. The molecule has 0 fully saturated rings. The second-order valence-corrected chi connectivity index (χ2v) is 12.4. The van der Waals surface area contributed by atoms with Crippen molar-refractivity contribution in [2.75, 3.05) is 31.6 Å². The van der Waals surface area contributed by atoms with Gasteiger partial charge in [-0.2, -0.15) is 0 Å². The first-order chi connectivity index (χ1) is 22.1. The van der Waals surface area contributed by atoms with Crippen molar-refractivity contribution in [3.05, 3.63) is 120 Å². The minimum Gasteiger partial charge on any atom is -0.493 e. The Morgan fingerprint density at radius 3 is 2.15 bits per heavy atom. The zero-order chi connectivity index (χ0) is 33.3. The molecule has 46 heavy (non-hydrogen) atoms. The Morgan fingerprint density at radius 2 is 1.52 bits per heavy atom. The number of sulfonamides is 1. The fourth-order valence-electron chi connectivity index (χ4n) is 5.00. The van der Waals surface area contributed by atoms with Gasteiger partial charge in [0.15, 0.2) is 11.5 Å². The molecule has 1 N–H and O–H groups in total. The molecule has 0 aliphatic heterocycles. The normalized spacial score (nSPS) is 11.8. The summed E-state index contributed by atoms with van der Waals surface area (Å²) in [7, 11) is -1.45. The molecule has 242 valence electrons. The monoisotopic (exact) mass is 647 g/mol. The molecule has 0 bridgehead atoms. The lowest BCUT2D eigenvalue weighted by Crippen LogP contribution is -2.53. The average molecular weight is 648 g/mol. The van der Waals surface area contributed by atoms with E-state index in [9.17, 15) is 18.0 Å². The molecule has 4 aromatic rings. The van der Waals surface area contributed by atoms with E-state index in [1.54, 1.807) is 31.2 Å². The SMILES string of the molecule is CCNC(=O)[C@H](Cc1ccccc1)N(Cc1ccccc1F)C(=O)CN(c1ccc(OC)c(OC)c1)S(=O)(=O)c1ccc(C)cc1. The number of aryl methyl sites for hydroxylation is 1. The second kappa shape index (κ2) is 15.4. The molecule has 2 amide bonds. The molecule has 0 saturated heterocycles. The highest BCUT2D eigenvalue weighted by Gasteiger charge is 2.35. The van der Waals surface area contributed by atoms with Crippen molar-refractivity contribution in [1.29, 1.82) is 0 Å². The highest BCUT2D eigenvalue weighted by atomic mass is 32.2. The van der Waals surface area contributed by atoms with Gasteiger partial charge in [0.25, 0.3) is 10.0 Å². The number of methoxy groups -OCH3 is 2. The first-order valence-electron chi connectivity index (χ1n) is 14.7. The van der Waals surface area contributed by atoms with Gasteiger partial charge in [-0.1, -0.05) is 66.2 Å². The summed E-state index contributed by atoms with van der Waals surface area (Å²) in [5.74, 6) is -1.09. The number of rotatable bonds is 14. The van der Waals surface area contributed by atoms with Crippen molar-refractivity contribution in [3.8, 4) is 11.5 Å². The van der Waals surface area contributed by atoms with Crippen molar-refractivity contribution < 1.29 is 31.9 Å². The maximum atomic E-state index is 15.0. The van der Waals surface area contributed by atoms with Crippen LogP contribution in [0.15, 0.2) is 102 Å². The molecule has 0 unspecified atom stereocenters. The van der Waals surface area contributed by atoms with Crippen LogP contribution in [-0.2, 0) is 32.6 Å². The minimum absolute atomic E-state index is 0.0362. The molecule has 1 atom stereocenters. The molecule has 4 rings (SSSR count). The summed E-state index contributed by atoms with van der Waals surface area (Å²) in [6.07, 6.45) is 0.119. The van der Waals surface area contributed by atoms with Crippen molar-refractivity contribution in [1.82, 2.24) is 10.2 Å². The number of nitrogens with one attached hydrogen (secondary N) is 1. The zero-order valence-corrected chi connectivity index (χ0v) is 27.1. The van der Waals surface area contributed by atoms with Crippen LogP contribution in [0.25, 0.3) is 0 Å². The van der Waals surface area contributed by atoms with Gasteiger partial charge in [-0.05, 0) is 49.7 Å². The molecule has 0 heterocycles. The number of benzene rings is 4. The van der Waals surface area contributed by atoms with E-state index in [2.05, 4.69) is 5.32 Å². The average Bonchev–Trinajstić information content (AvgIpc) is 3.06. The van der Waals surface area contributed by atoms with E-state index in [0.29, 0.717) is 12.3 Å². The number of nitrogens with zero attached hydrogens (tertiary/aromatic N) is 2. The van der Waals surface area contributed by atoms with Gasteiger partial charge >= 0.3 is 0 Å². The molecule has 0 aliphatic rings. The Morgan fingerprint density at radius 1 is 0.870 bits per heavy atom. The first-order valence-corrected chi connectivity index (χ1v) is 16.2. The second-order valence-electron chi connectivity index (χ2n) is 10.6. The molecule has 9 nitrogen and oxygen atoms in total. The largest absolute Gasteiger partial charge is 0.493 e.